The van der Waals surface area contributed by atoms with Gasteiger partial charge >= 0.3 is 0 Å². The Bertz CT molecular complexity index is 341. The highest BCUT2D eigenvalue weighted by Gasteiger charge is 2.45. The van der Waals surface area contributed by atoms with Gasteiger partial charge in [-0.1, -0.05) is 6.92 Å². The Morgan fingerprint density at radius 2 is 2.18 bits per heavy atom. The lowest BCUT2D eigenvalue weighted by molar-refractivity contribution is -0.143. The van der Waals surface area contributed by atoms with Crippen LogP contribution in [0.1, 0.15) is 39.5 Å². The number of nitrogens with zero attached hydrogens (tertiary/aromatic N) is 1. The van der Waals surface area contributed by atoms with Crippen molar-refractivity contribution in [2.45, 2.75) is 57.2 Å². The van der Waals surface area contributed by atoms with E-state index in [0.717, 1.165) is 19.3 Å². The first kappa shape index (κ1) is 12.4. The third kappa shape index (κ3) is 2.16. The number of primary amides is 1. The Balaban J connectivity index is 2.06. The van der Waals surface area contributed by atoms with E-state index in [4.69, 9.17) is 5.73 Å². The van der Waals surface area contributed by atoms with Crippen molar-refractivity contribution in [3.63, 3.8) is 0 Å². The van der Waals surface area contributed by atoms with Crippen LogP contribution in [-0.4, -0.2) is 40.9 Å². The summed E-state index contributed by atoms with van der Waals surface area (Å²) >= 11 is 0. The van der Waals surface area contributed by atoms with Crippen LogP contribution in [0.3, 0.4) is 0 Å². The minimum absolute atomic E-state index is 0.0278. The molecule has 3 N–H and O–H groups in total. The molecular formula is C12H21N3O2. The number of hydrogen-bond donors (Lipinski definition) is 2. The molecule has 2 aliphatic rings. The summed E-state index contributed by atoms with van der Waals surface area (Å²) in [5, 5.41) is 3.32. The van der Waals surface area contributed by atoms with Gasteiger partial charge in [-0.25, -0.2) is 0 Å². The van der Waals surface area contributed by atoms with Crippen LogP contribution in [0.5, 0.6) is 0 Å². The molecule has 0 aromatic rings. The first-order valence-corrected chi connectivity index (χ1v) is 6.36. The molecule has 2 atom stereocenters. The zero-order chi connectivity index (χ0) is 12.6. The highest BCUT2D eigenvalue weighted by atomic mass is 16.2. The van der Waals surface area contributed by atoms with Gasteiger partial charge in [-0.05, 0) is 32.6 Å². The number of amides is 2. The summed E-state index contributed by atoms with van der Waals surface area (Å²) < 4.78 is 0. The molecule has 1 aliphatic carbocycles. The molecule has 1 saturated carbocycles. The van der Waals surface area contributed by atoms with Crippen LogP contribution in [-0.2, 0) is 9.59 Å². The predicted molar refractivity (Wildman–Crippen MR) is 64.2 cm³/mol. The summed E-state index contributed by atoms with van der Waals surface area (Å²) in [7, 11) is 0. The highest BCUT2D eigenvalue weighted by Crippen LogP contribution is 2.28. The van der Waals surface area contributed by atoms with Crippen molar-refractivity contribution in [1.29, 1.82) is 0 Å². The van der Waals surface area contributed by atoms with Crippen LogP contribution >= 0.6 is 0 Å². The molecule has 1 saturated heterocycles. The van der Waals surface area contributed by atoms with Crippen molar-refractivity contribution < 1.29 is 9.59 Å². The van der Waals surface area contributed by atoms with Crippen LogP contribution in [0.2, 0.25) is 0 Å². The quantitative estimate of drug-likeness (QED) is 0.708. The zero-order valence-electron chi connectivity index (χ0n) is 10.5. The molecule has 2 amide bonds. The fraction of sp³-hybridized carbons (Fsp3) is 0.833. The first-order valence-electron chi connectivity index (χ1n) is 6.36. The maximum Gasteiger partial charge on any atom is 0.243 e. The molecule has 5 heteroatoms. The monoisotopic (exact) mass is 239 g/mol. The fourth-order valence-electron chi connectivity index (χ4n) is 2.36. The van der Waals surface area contributed by atoms with Crippen LogP contribution < -0.4 is 11.1 Å². The van der Waals surface area contributed by atoms with E-state index in [-0.39, 0.29) is 11.9 Å². The van der Waals surface area contributed by atoms with Crippen LogP contribution in [0, 0.1) is 0 Å². The molecule has 1 heterocycles. The third-order valence-corrected chi connectivity index (χ3v) is 4.03. The lowest BCUT2D eigenvalue weighted by Crippen LogP contribution is -2.57. The minimum atomic E-state index is -0.836. The number of carbonyl (C=O) groups excluding carboxylic acids is 2. The molecular weight excluding hydrogens is 218 g/mol. The van der Waals surface area contributed by atoms with Gasteiger partial charge in [0.25, 0.3) is 0 Å². The van der Waals surface area contributed by atoms with Gasteiger partial charge in [-0.3, -0.25) is 9.59 Å². The molecule has 1 aliphatic heterocycles. The molecule has 2 rings (SSSR count). The van der Waals surface area contributed by atoms with Crippen molar-refractivity contribution in [3.05, 3.63) is 0 Å². The number of nitrogens with one attached hydrogen (secondary N) is 1. The van der Waals surface area contributed by atoms with Crippen LogP contribution in [0.4, 0.5) is 0 Å². The average Bonchev–Trinajstić information content (AvgIpc) is 3.03. The van der Waals surface area contributed by atoms with Crippen molar-refractivity contribution in [3.8, 4) is 0 Å². The van der Waals surface area contributed by atoms with Crippen LogP contribution in [0.15, 0.2) is 0 Å². The highest BCUT2D eigenvalue weighted by molar-refractivity contribution is 5.93. The van der Waals surface area contributed by atoms with Gasteiger partial charge in [0.05, 0.1) is 6.04 Å². The molecule has 0 spiro atoms. The molecule has 5 nitrogen and oxygen atoms in total. The summed E-state index contributed by atoms with van der Waals surface area (Å²) in [5.74, 6) is -0.388. The predicted octanol–water partition coefficient (Wildman–Crippen LogP) is -0.00670. The van der Waals surface area contributed by atoms with Gasteiger partial charge in [0.1, 0.15) is 5.54 Å². The van der Waals surface area contributed by atoms with Gasteiger partial charge in [0.15, 0.2) is 0 Å². The Hall–Kier alpha value is -1.10. The largest absolute Gasteiger partial charge is 0.368 e. The van der Waals surface area contributed by atoms with Gasteiger partial charge in [0.2, 0.25) is 11.8 Å². The number of rotatable bonds is 5. The van der Waals surface area contributed by atoms with Crippen molar-refractivity contribution in [1.82, 2.24) is 10.2 Å². The Kier molecular flexibility index (Phi) is 3.12. The second-order valence-electron chi connectivity index (χ2n) is 5.26. The van der Waals surface area contributed by atoms with Crippen LogP contribution in [0.25, 0.3) is 0 Å². The SMILES string of the molecule is CCC(C)(C(N)=O)N1CCC(NC2CC2)C1=O. The van der Waals surface area contributed by atoms with E-state index in [2.05, 4.69) is 5.32 Å². The number of nitrogens with two attached hydrogens (primary N) is 1. The molecule has 17 heavy (non-hydrogen) atoms. The van der Waals surface area contributed by atoms with E-state index >= 15 is 0 Å². The van der Waals surface area contributed by atoms with Gasteiger partial charge < -0.3 is 16.0 Å². The summed E-state index contributed by atoms with van der Waals surface area (Å²) in [6, 6.07) is 0.387. The van der Waals surface area contributed by atoms with E-state index in [1.807, 2.05) is 6.92 Å². The first-order chi connectivity index (χ1) is 7.99. The number of carbonyl (C=O) groups is 2. The lowest BCUT2D eigenvalue weighted by Gasteiger charge is -2.35. The molecule has 96 valence electrons. The summed E-state index contributed by atoms with van der Waals surface area (Å²) in [6.07, 6.45) is 3.65. The molecule has 2 fully saturated rings. The third-order valence-electron chi connectivity index (χ3n) is 4.03. The molecule has 0 bridgehead atoms. The van der Waals surface area contributed by atoms with E-state index in [1.165, 1.54) is 0 Å². The zero-order valence-corrected chi connectivity index (χ0v) is 10.5. The Labute approximate surface area is 102 Å². The lowest BCUT2D eigenvalue weighted by atomic mass is 9.96. The standard InChI is InChI=1S/C12H21N3O2/c1-3-12(2,11(13)17)15-7-6-9(10(15)16)14-8-4-5-8/h8-9,14H,3-7H2,1-2H3,(H2,13,17). The molecule has 0 radical (unpaired) electrons. The summed E-state index contributed by atoms with van der Waals surface area (Å²) in [6.45, 7) is 4.27. The van der Waals surface area contributed by atoms with Gasteiger partial charge in [0, 0.05) is 12.6 Å². The van der Waals surface area contributed by atoms with E-state index in [1.54, 1.807) is 11.8 Å². The molecule has 0 aromatic carbocycles. The molecule has 0 aromatic heterocycles. The topological polar surface area (TPSA) is 75.4 Å². The fourth-order valence-corrected chi connectivity index (χ4v) is 2.36. The molecule has 2 unspecified atom stereocenters. The number of likely N-dealkylation sites (tertiary alicyclic amines) is 1. The van der Waals surface area contributed by atoms with E-state index in [9.17, 15) is 9.59 Å². The van der Waals surface area contributed by atoms with Crippen molar-refractivity contribution in [2.75, 3.05) is 6.54 Å². The second-order valence-corrected chi connectivity index (χ2v) is 5.26. The van der Waals surface area contributed by atoms with Crippen molar-refractivity contribution in [2.24, 2.45) is 5.73 Å². The maximum absolute atomic E-state index is 12.2. The smallest absolute Gasteiger partial charge is 0.243 e. The maximum atomic E-state index is 12.2. The second kappa shape index (κ2) is 4.29. The minimum Gasteiger partial charge on any atom is -0.368 e. The Morgan fingerprint density at radius 1 is 1.53 bits per heavy atom. The Morgan fingerprint density at radius 3 is 2.65 bits per heavy atom. The summed E-state index contributed by atoms with van der Waals surface area (Å²) in [5.41, 5.74) is 4.59. The van der Waals surface area contributed by atoms with Crippen molar-refractivity contribution >= 4 is 11.8 Å². The van der Waals surface area contributed by atoms with Gasteiger partial charge in [-0.15, -0.1) is 0 Å². The van der Waals surface area contributed by atoms with Gasteiger partial charge in [-0.2, -0.15) is 0 Å². The normalized spacial score (nSPS) is 28.2. The number of hydrogen-bond acceptors (Lipinski definition) is 3. The van der Waals surface area contributed by atoms with E-state index in [0.29, 0.717) is 19.0 Å². The summed E-state index contributed by atoms with van der Waals surface area (Å²) in [4.78, 5) is 25.4. The van der Waals surface area contributed by atoms with E-state index < -0.39 is 11.4 Å². The average molecular weight is 239 g/mol.